The Hall–Kier alpha value is -0.770. The van der Waals surface area contributed by atoms with Crippen LogP contribution in [0.5, 0.6) is 5.75 Å². The largest absolute Gasteiger partial charge is 0.495 e. The van der Waals surface area contributed by atoms with Crippen molar-refractivity contribution in [3.05, 3.63) is 28.8 Å². The lowest BCUT2D eigenvalue weighted by atomic mass is 10.0. The highest BCUT2D eigenvalue weighted by Crippen LogP contribution is 2.29. The molecule has 2 N–H and O–H groups in total. The van der Waals surface area contributed by atoms with Crippen LogP contribution < -0.4 is 10.5 Å². The van der Waals surface area contributed by atoms with Gasteiger partial charge in [-0.2, -0.15) is 0 Å². The van der Waals surface area contributed by atoms with Gasteiger partial charge >= 0.3 is 0 Å². The molecule has 0 amide bonds. The van der Waals surface area contributed by atoms with Crippen molar-refractivity contribution in [2.24, 2.45) is 11.7 Å². The molecule has 0 aromatic heterocycles. The number of nitrogens with zero attached hydrogens (tertiary/aromatic N) is 1. The van der Waals surface area contributed by atoms with E-state index < -0.39 is 0 Å². The third-order valence-electron chi connectivity index (χ3n) is 3.61. The zero-order valence-corrected chi connectivity index (χ0v) is 13.1. The van der Waals surface area contributed by atoms with Crippen LogP contribution in [0.4, 0.5) is 0 Å². The lowest BCUT2D eigenvalue weighted by molar-refractivity contribution is 0.215. The van der Waals surface area contributed by atoms with E-state index in [1.807, 2.05) is 18.2 Å². The average Bonchev–Trinajstić information content (AvgIpc) is 2.39. The number of methoxy groups -OCH3 is 1. The minimum Gasteiger partial charge on any atom is -0.495 e. The smallest absolute Gasteiger partial charge is 0.137 e. The van der Waals surface area contributed by atoms with Crippen LogP contribution in [-0.2, 0) is 0 Å². The zero-order valence-electron chi connectivity index (χ0n) is 12.3. The van der Waals surface area contributed by atoms with E-state index in [1.165, 1.54) is 6.42 Å². The highest BCUT2D eigenvalue weighted by Gasteiger charge is 2.18. The quantitative estimate of drug-likeness (QED) is 0.835. The number of benzene rings is 1. The first kappa shape index (κ1) is 16.3. The molecule has 3 nitrogen and oxygen atoms in total. The Balaban J connectivity index is 2.87. The highest BCUT2D eigenvalue weighted by molar-refractivity contribution is 6.32. The lowest BCUT2D eigenvalue weighted by Crippen LogP contribution is -2.33. The molecular formula is C15H25ClN2O. The number of likely N-dealkylation sites (N-methyl/N-ethyl adjacent to an activating group) is 1. The molecule has 2 atom stereocenters. The summed E-state index contributed by atoms with van der Waals surface area (Å²) in [6, 6.07) is 6.08. The fourth-order valence-electron chi connectivity index (χ4n) is 2.21. The van der Waals surface area contributed by atoms with Gasteiger partial charge in [0.1, 0.15) is 5.75 Å². The van der Waals surface area contributed by atoms with E-state index in [4.69, 9.17) is 22.1 Å². The van der Waals surface area contributed by atoms with Crippen LogP contribution in [0.2, 0.25) is 5.02 Å². The van der Waals surface area contributed by atoms with E-state index in [-0.39, 0.29) is 6.04 Å². The molecule has 0 aliphatic heterocycles. The van der Waals surface area contributed by atoms with Crippen LogP contribution in [0, 0.1) is 5.92 Å². The molecule has 1 rings (SSSR count). The van der Waals surface area contributed by atoms with Crippen molar-refractivity contribution >= 4 is 11.6 Å². The molecule has 19 heavy (non-hydrogen) atoms. The molecule has 0 radical (unpaired) electrons. The molecule has 0 heterocycles. The van der Waals surface area contributed by atoms with Crippen LogP contribution in [0.25, 0.3) is 0 Å². The summed E-state index contributed by atoms with van der Waals surface area (Å²) in [5.41, 5.74) is 7.07. The third-order valence-corrected chi connectivity index (χ3v) is 3.91. The fraction of sp³-hybridized carbons (Fsp3) is 0.600. The summed E-state index contributed by atoms with van der Waals surface area (Å²) < 4.78 is 5.18. The summed E-state index contributed by atoms with van der Waals surface area (Å²) in [7, 11) is 3.73. The van der Waals surface area contributed by atoms with Crippen molar-refractivity contribution in [1.82, 2.24) is 4.90 Å². The van der Waals surface area contributed by atoms with Gasteiger partial charge in [0.25, 0.3) is 0 Å². The molecule has 0 saturated carbocycles. The Labute approximate surface area is 121 Å². The van der Waals surface area contributed by atoms with Gasteiger partial charge in [0.05, 0.1) is 12.1 Å². The first-order valence-corrected chi connectivity index (χ1v) is 7.15. The molecule has 4 heteroatoms. The van der Waals surface area contributed by atoms with Crippen LogP contribution in [-0.4, -0.2) is 32.1 Å². The number of nitrogens with two attached hydrogens (primary N) is 1. The van der Waals surface area contributed by atoms with Gasteiger partial charge in [0.2, 0.25) is 0 Å². The van der Waals surface area contributed by atoms with Crippen LogP contribution in [0.1, 0.15) is 31.9 Å². The fourth-order valence-corrected chi connectivity index (χ4v) is 2.47. The second kappa shape index (κ2) is 7.73. The Morgan fingerprint density at radius 2 is 2.11 bits per heavy atom. The summed E-state index contributed by atoms with van der Waals surface area (Å²) >= 11 is 6.18. The molecule has 1 aromatic carbocycles. The molecule has 1 aromatic rings. The van der Waals surface area contributed by atoms with Crippen molar-refractivity contribution in [3.8, 4) is 5.75 Å². The van der Waals surface area contributed by atoms with Crippen molar-refractivity contribution in [2.45, 2.75) is 26.3 Å². The minimum absolute atomic E-state index is 0.192. The molecule has 0 aliphatic rings. The first-order valence-electron chi connectivity index (χ1n) is 6.77. The molecule has 0 saturated heterocycles. The van der Waals surface area contributed by atoms with Crippen molar-refractivity contribution in [1.29, 1.82) is 0 Å². The summed E-state index contributed by atoms with van der Waals surface area (Å²) in [4.78, 5) is 2.30. The second-order valence-electron chi connectivity index (χ2n) is 5.10. The van der Waals surface area contributed by atoms with Gasteiger partial charge in [0, 0.05) is 19.1 Å². The maximum atomic E-state index is 6.18. The zero-order chi connectivity index (χ0) is 14.4. The molecule has 0 aliphatic carbocycles. The average molecular weight is 285 g/mol. The van der Waals surface area contributed by atoms with Crippen molar-refractivity contribution in [2.75, 3.05) is 27.2 Å². The SMILES string of the molecule is CCC(C)CN(C)C(CN)c1ccc(OC)c(Cl)c1. The number of halogens is 1. The third kappa shape index (κ3) is 4.37. The minimum atomic E-state index is 0.192. The Bertz CT molecular complexity index is 398. The highest BCUT2D eigenvalue weighted by atomic mass is 35.5. The van der Waals surface area contributed by atoms with E-state index in [9.17, 15) is 0 Å². The first-order chi connectivity index (χ1) is 9.03. The van der Waals surface area contributed by atoms with Crippen molar-refractivity contribution < 1.29 is 4.74 Å². The molecule has 2 unspecified atom stereocenters. The monoisotopic (exact) mass is 284 g/mol. The van der Waals surface area contributed by atoms with Crippen LogP contribution >= 0.6 is 11.6 Å². The molecule has 0 spiro atoms. The standard InChI is InChI=1S/C15H25ClN2O/c1-5-11(2)10-18(3)14(9-17)12-6-7-15(19-4)13(16)8-12/h6-8,11,14H,5,9-10,17H2,1-4H3. The van der Waals surface area contributed by atoms with E-state index in [2.05, 4.69) is 25.8 Å². The van der Waals surface area contributed by atoms with Gasteiger partial charge in [-0.05, 0) is 30.7 Å². The van der Waals surface area contributed by atoms with Gasteiger partial charge in [-0.1, -0.05) is 37.9 Å². The maximum Gasteiger partial charge on any atom is 0.137 e. The summed E-state index contributed by atoms with van der Waals surface area (Å²) in [6.07, 6.45) is 1.17. The van der Waals surface area contributed by atoms with Gasteiger partial charge in [-0.15, -0.1) is 0 Å². The van der Waals surface area contributed by atoms with E-state index >= 15 is 0 Å². The number of hydrogen-bond donors (Lipinski definition) is 1. The predicted octanol–water partition coefficient (Wildman–Crippen LogP) is 3.33. The molecule has 0 bridgehead atoms. The van der Waals surface area contributed by atoms with Crippen LogP contribution in [0.15, 0.2) is 18.2 Å². The van der Waals surface area contributed by atoms with Gasteiger partial charge in [-0.3, -0.25) is 4.90 Å². The second-order valence-corrected chi connectivity index (χ2v) is 5.51. The molecule has 108 valence electrons. The topological polar surface area (TPSA) is 38.5 Å². The molecule has 0 fully saturated rings. The normalized spacial score (nSPS) is 14.5. The summed E-state index contributed by atoms with van der Waals surface area (Å²) in [6.45, 7) is 6.07. The Morgan fingerprint density at radius 3 is 2.58 bits per heavy atom. The van der Waals surface area contributed by atoms with E-state index in [1.54, 1.807) is 7.11 Å². The maximum absolute atomic E-state index is 6.18. The Morgan fingerprint density at radius 1 is 1.42 bits per heavy atom. The number of rotatable bonds is 7. The van der Waals surface area contributed by atoms with E-state index in [0.717, 1.165) is 12.1 Å². The summed E-state index contributed by atoms with van der Waals surface area (Å²) in [5.74, 6) is 1.36. The Kier molecular flexibility index (Phi) is 6.63. The van der Waals surface area contributed by atoms with Crippen molar-refractivity contribution in [3.63, 3.8) is 0 Å². The molecular weight excluding hydrogens is 260 g/mol. The lowest BCUT2D eigenvalue weighted by Gasteiger charge is -2.29. The number of hydrogen-bond acceptors (Lipinski definition) is 3. The van der Waals surface area contributed by atoms with Crippen LogP contribution in [0.3, 0.4) is 0 Å². The van der Waals surface area contributed by atoms with Gasteiger partial charge in [0.15, 0.2) is 0 Å². The summed E-state index contributed by atoms with van der Waals surface area (Å²) in [5, 5.41) is 0.635. The van der Waals surface area contributed by atoms with E-state index in [0.29, 0.717) is 23.2 Å². The predicted molar refractivity (Wildman–Crippen MR) is 81.9 cm³/mol. The van der Waals surface area contributed by atoms with Gasteiger partial charge in [-0.25, -0.2) is 0 Å². The number of ether oxygens (including phenoxy) is 1. The van der Waals surface area contributed by atoms with Gasteiger partial charge < -0.3 is 10.5 Å².